The molecular weight excluding hydrogens is 322 g/mol. The number of hydrazine groups is 1. The van der Waals surface area contributed by atoms with Crippen LogP contribution in [-0.2, 0) is 9.59 Å². The molecule has 2 fully saturated rings. The van der Waals surface area contributed by atoms with Crippen molar-refractivity contribution < 1.29 is 19.1 Å². The first-order chi connectivity index (χ1) is 12.2. The number of nitrogens with one attached hydrogen (secondary N) is 3. The number of anilines is 1. The van der Waals surface area contributed by atoms with Crippen molar-refractivity contribution in [3.8, 4) is 11.5 Å². The molecule has 134 valence electrons. The first-order valence-corrected chi connectivity index (χ1v) is 8.95. The Hall–Kier alpha value is -2.28. The Labute approximate surface area is 146 Å². The molecule has 4 rings (SSSR count). The number of benzene rings is 1. The van der Waals surface area contributed by atoms with Crippen LogP contribution in [0.2, 0.25) is 0 Å². The van der Waals surface area contributed by atoms with Crippen molar-refractivity contribution in [2.75, 3.05) is 18.5 Å². The summed E-state index contributed by atoms with van der Waals surface area (Å²) in [5, 5.41) is 2.92. The second kappa shape index (κ2) is 6.92. The summed E-state index contributed by atoms with van der Waals surface area (Å²) < 4.78 is 11.0. The second-order valence-electron chi connectivity index (χ2n) is 6.91. The van der Waals surface area contributed by atoms with E-state index in [-0.39, 0.29) is 29.7 Å². The molecule has 3 unspecified atom stereocenters. The van der Waals surface area contributed by atoms with Crippen LogP contribution in [0.4, 0.5) is 5.69 Å². The van der Waals surface area contributed by atoms with Crippen LogP contribution in [0.5, 0.6) is 11.5 Å². The van der Waals surface area contributed by atoms with Crippen LogP contribution < -0.4 is 25.6 Å². The van der Waals surface area contributed by atoms with Gasteiger partial charge in [-0.25, -0.2) is 5.43 Å². The molecule has 1 aliphatic carbocycles. The topological polar surface area (TPSA) is 88.7 Å². The predicted molar refractivity (Wildman–Crippen MR) is 91.2 cm³/mol. The molecule has 2 aliphatic heterocycles. The predicted octanol–water partition coefficient (Wildman–Crippen LogP) is 1.60. The Balaban J connectivity index is 1.39. The minimum absolute atomic E-state index is 0.0276. The molecule has 3 aliphatic rings. The normalized spacial score (nSPS) is 27.8. The Bertz CT molecular complexity index is 678. The third-order valence-corrected chi connectivity index (χ3v) is 5.29. The number of rotatable bonds is 3. The summed E-state index contributed by atoms with van der Waals surface area (Å²) in [6.07, 6.45) is 4.45. The fourth-order valence-electron chi connectivity index (χ4n) is 4.07. The second-order valence-corrected chi connectivity index (χ2v) is 6.91. The van der Waals surface area contributed by atoms with Crippen LogP contribution in [-0.4, -0.2) is 31.1 Å². The average Bonchev–Trinajstić information content (AvgIpc) is 2.64. The van der Waals surface area contributed by atoms with Crippen molar-refractivity contribution in [2.24, 2.45) is 11.8 Å². The molecule has 0 spiro atoms. The molecule has 1 aromatic rings. The van der Waals surface area contributed by atoms with Gasteiger partial charge in [0.05, 0.1) is 0 Å². The third-order valence-electron chi connectivity index (χ3n) is 5.29. The summed E-state index contributed by atoms with van der Waals surface area (Å²) >= 11 is 0. The molecule has 25 heavy (non-hydrogen) atoms. The summed E-state index contributed by atoms with van der Waals surface area (Å²) in [7, 11) is 0. The first-order valence-electron chi connectivity index (χ1n) is 8.95. The molecule has 0 radical (unpaired) electrons. The van der Waals surface area contributed by atoms with E-state index in [1.54, 1.807) is 12.1 Å². The van der Waals surface area contributed by atoms with Gasteiger partial charge in [-0.05, 0) is 30.9 Å². The van der Waals surface area contributed by atoms with Gasteiger partial charge in [0.1, 0.15) is 13.2 Å². The van der Waals surface area contributed by atoms with Crippen LogP contribution in [0, 0.1) is 11.8 Å². The van der Waals surface area contributed by atoms with E-state index in [4.69, 9.17) is 9.47 Å². The van der Waals surface area contributed by atoms with E-state index in [2.05, 4.69) is 16.2 Å². The molecule has 7 heteroatoms. The number of ether oxygens (including phenoxy) is 2. The number of carbonyl (C=O) groups is 2. The first kappa shape index (κ1) is 16.2. The van der Waals surface area contributed by atoms with Crippen molar-refractivity contribution in [2.45, 2.75) is 38.1 Å². The molecule has 1 saturated heterocycles. The standard InChI is InChI=1S/C18H23N3O4/c22-17(19-11-5-6-15-16(9-11)25-8-7-24-15)10-14-12-3-1-2-4-13(12)18(23)21-20-14/h5-6,9,12-14,20H,1-4,7-8,10H2,(H,19,22)(H,21,23). The average molecular weight is 345 g/mol. The number of amides is 2. The van der Waals surface area contributed by atoms with E-state index >= 15 is 0 Å². The highest BCUT2D eigenvalue weighted by molar-refractivity contribution is 5.91. The van der Waals surface area contributed by atoms with E-state index in [1.807, 2.05) is 6.07 Å². The van der Waals surface area contributed by atoms with Gasteiger partial charge in [0.2, 0.25) is 11.8 Å². The fraction of sp³-hybridized carbons (Fsp3) is 0.556. The zero-order chi connectivity index (χ0) is 17.2. The van der Waals surface area contributed by atoms with Gasteiger partial charge in [0.25, 0.3) is 0 Å². The highest BCUT2D eigenvalue weighted by Crippen LogP contribution is 2.36. The molecule has 2 amide bonds. The van der Waals surface area contributed by atoms with Crippen LogP contribution in [0.15, 0.2) is 18.2 Å². The molecule has 2 heterocycles. The van der Waals surface area contributed by atoms with Gasteiger partial charge in [-0.3, -0.25) is 15.0 Å². The zero-order valence-corrected chi connectivity index (χ0v) is 14.0. The summed E-state index contributed by atoms with van der Waals surface area (Å²) in [6, 6.07) is 5.37. The SMILES string of the molecule is O=C(CC1NNC(=O)C2CCCCC12)Nc1ccc2c(c1)OCCO2. The van der Waals surface area contributed by atoms with Crippen LogP contribution in [0.3, 0.4) is 0 Å². The fourth-order valence-corrected chi connectivity index (χ4v) is 4.07. The summed E-state index contributed by atoms with van der Waals surface area (Å²) in [5.41, 5.74) is 6.45. The van der Waals surface area contributed by atoms with Crippen LogP contribution >= 0.6 is 0 Å². The molecule has 0 bridgehead atoms. The molecule has 0 aromatic heterocycles. The van der Waals surface area contributed by atoms with Gasteiger partial charge >= 0.3 is 0 Å². The summed E-state index contributed by atoms with van der Waals surface area (Å²) in [4.78, 5) is 24.5. The van der Waals surface area contributed by atoms with Gasteiger partial charge in [-0.15, -0.1) is 0 Å². The van der Waals surface area contributed by atoms with E-state index < -0.39 is 0 Å². The maximum absolute atomic E-state index is 12.5. The smallest absolute Gasteiger partial charge is 0.237 e. The van der Waals surface area contributed by atoms with Gasteiger partial charge in [0, 0.05) is 30.1 Å². The Morgan fingerprint density at radius 2 is 1.96 bits per heavy atom. The molecule has 3 N–H and O–H groups in total. The van der Waals surface area contributed by atoms with E-state index in [1.165, 1.54) is 0 Å². The maximum atomic E-state index is 12.5. The van der Waals surface area contributed by atoms with E-state index in [9.17, 15) is 9.59 Å². The Morgan fingerprint density at radius 1 is 1.16 bits per heavy atom. The minimum Gasteiger partial charge on any atom is -0.486 e. The Morgan fingerprint density at radius 3 is 2.84 bits per heavy atom. The number of hydrogen-bond acceptors (Lipinski definition) is 5. The van der Waals surface area contributed by atoms with E-state index in [0.717, 1.165) is 25.7 Å². The minimum atomic E-state index is -0.0744. The van der Waals surface area contributed by atoms with Crippen molar-refractivity contribution >= 4 is 17.5 Å². The van der Waals surface area contributed by atoms with Crippen molar-refractivity contribution in [3.63, 3.8) is 0 Å². The summed E-state index contributed by atoms with van der Waals surface area (Å²) in [6.45, 7) is 1.06. The lowest BCUT2D eigenvalue weighted by molar-refractivity contribution is -0.134. The van der Waals surface area contributed by atoms with Crippen molar-refractivity contribution in [1.29, 1.82) is 0 Å². The number of hydrogen-bond donors (Lipinski definition) is 3. The number of fused-ring (bicyclic) bond motifs is 2. The highest BCUT2D eigenvalue weighted by atomic mass is 16.6. The van der Waals surface area contributed by atoms with Crippen LogP contribution in [0.25, 0.3) is 0 Å². The van der Waals surface area contributed by atoms with Gasteiger partial charge in [-0.2, -0.15) is 0 Å². The van der Waals surface area contributed by atoms with Gasteiger partial charge in [0.15, 0.2) is 11.5 Å². The molecule has 7 nitrogen and oxygen atoms in total. The lowest BCUT2D eigenvalue weighted by Crippen LogP contribution is -2.60. The van der Waals surface area contributed by atoms with Crippen molar-refractivity contribution in [3.05, 3.63) is 18.2 Å². The highest BCUT2D eigenvalue weighted by Gasteiger charge is 2.40. The molecular formula is C18H23N3O4. The summed E-state index contributed by atoms with van der Waals surface area (Å²) in [5.74, 6) is 1.60. The Kier molecular flexibility index (Phi) is 4.48. The number of carbonyl (C=O) groups excluding carboxylic acids is 2. The lowest BCUT2D eigenvalue weighted by Gasteiger charge is -2.40. The monoisotopic (exact) mass is 345 g/mol. The van der Waals surface area contributed by atoms with Gasteiger partial charge in [-0.1, -0.05) is 12.8 Å². The lowest BCUT2D eigenvalue weighted by atomic mass is 9.73. The molecule has 1 saturated carbocycles. The quantitative estimate of drug-likeness (QED) is 0.774. The van der Waals surface area contributed by atoms with Gasteiger partial charge < -0.3 is 14.8 Å². The van der Waals surface area contributed by atoms with E-state index in [0.29, 0.717) is 36.8 Å². The largest absolute Gasteiger partial charge is 0.486 e. The molecule has 1 aromatic carbocycles. The maximum Gasteiger partial charge on any atom is 0.237 e. The van der Waals surface area contributed by atoms with Crippen LogP contribution in [0.1, 0.15) is 32.1 Å². The zero-order valence-electron chi connectivity index (χ0n) is 14.0. The third kappa shape index (κ3) is 3.42. The molecule has 3 atom stereocenters. The van der Waals surface area contributed by atoms with Crippen molar-refractivity contribution in [1.82, 2.24) is 10.9 Å².